The molecule has 1 aromatic carbocycles. The van der Waals surface area contributed by atoms with Crippen LogP contribution in [0.15, 0.2) is 24.8 Å². The van der Waals surface area contributed by atoms with Gasteiger partial charge in [0.25, 0.3) is 0 Å². The Balaban J connectivity index is 3.05. The van der Waals surface area contributed by atoms with E-state index in [0.717, 1.165) is 0 Å². The predicted octanol–water partition coefficient (Wildman–Crippen LogP) is 2.43. The van der Waals surface area contributed by atoms with E-state index in [2.05, 4.69) is 11.9 Å². The van der Waals surface area contributed by atoms with Crippen molar-refractivity contribution in [3.8, 4) is 6.07 Å². The van der Waals surface area contributed by atoms with Crippen molar-refractivity contribution in [1.29, 1.82) is 5.26 Å². The van der Waals surface area contributed by atoms with Crippen molar-refractivity contribution in [2.24, 2.45) is 0 Å². The lowest BCUT2D eigenvalue weighted by Gasteiger charge is -2.05. The molecule has 0 heterocycles. The third-order valence-electron chi connectivity index (χ3n) is 1.64. The lowest BCUT2D eigenvalue weighted by atomic mass is 10.2. The number of anilines is 1. The van der Waals surface area contributed by atoms with Gasteiger partial charge in [0.15, 0.2) is 11.6 Å². The van der Waals surface area contributed by atoms with Crippen molar-refractivity contribution in [3.63, 3.8) is 0 Å². The third kappa shape index (κ3) is 1.88. The van der Waals surface area contributed by atoms with Crippen molar-refractivity contribution in [1.82, 2.24) is 0 Å². The molecule has 1 rings (SSSR count). The fourth-order valence-corrected chi connectivity index (χ4v) is 0.954. The number of hydrogen-bond donors (Lipinski definition) is 1. The van der Waals surface area contributed by atoms with Crippen LogP contribution in [0.4, 0.5) is 14.5 Å². The van der Waals surface area contributed by atoms with E-state index in [9.17, 15) is 8.78 Å². The van der Waals surface area contributed by atoms with Crippen LogP contribution >= 0.6 is 0 Å². The zero-order chi connectivity index (χ0) is 10.6. The molecule has 0 saturated carbocycles. The first-order valence-electron chi connectivity index (χ1n) is 3.93. The zero-order valence-electron chi connectivity index (χ0n) is 7.35. The Morgan fingerprint density at radius 3 is 2.71 bits per heavy atom. The molecule has 0 aromatic heterocycles. The number of rotatable bonds is 3. The highest BCUT2D eigenvalue weighted by molar-refractivity contribution is 5.50. The molecule has 0 atom stereocenters. The van der Waals surface area contributed by atoms with Crippen LogP contribution in [0, 0.1) is 23.0 Å². The number of halogens is 2. The van der Waals surface area contributed by atoms with Gasteiger partial charge in [-0.3, -0.25) is 0 Å². The monoisotopic (exact) mass is 194 g/mol. The van der Waals surface area contributed by atoms with Gasteiger partial charge in [-0.2, -0.15) is 5.26 Å². The van der Waals surface area contributed by atoms with Gasteiger partial charge in [-0.1, -0.05) is 6.08 Å². The van der Waals surface area contributed by atoms with Crippen LogP contribution in [0.3, 0.4) is 0 Å². The number of nitriles is 1. The van der Waals surface area contributed by atoms with E-state index in [-0.39, 0.29) is 11.3 Å². The van der Waals surface area contributed by atoms with Crippen molar-refractivity contribution in [2.75, 3.05) is 11.9 Å². The number of hydrogen-bond acceptors (Lipinski definition) is 2. The Labute approximate surface area is 80.5 Å². The zero-order valence-corrected chi connectivity index (χ0v) is 7.35. The van der Waals surface area contributed by atoms with E-state index in [1.54, 1.807) is 6.07 Å². The Hall–Kier alpha value is -1.89. The first-order chi connectivity index (χ1) is 6.70. The summed E-state index contributed by atoms with van der Waals surface area (Å²) >= 11 is 0. The summed E-state index contributed by atoms with van der Waals surface area (Å²) in [5.41, 5.74) is -0.270. The van der Waals surface area contributed by atoms with Gasteiger partial charge in [0.1, 0.15) is 6.07 Å². The van der Waals surface area contributed by atoms with E-state index in [4.69, 9.17) is 5.26 Å². The van der Waals surface area contributed by atoms with Crippen LogP contribution in [0.2, 0.25) is 0 Å². The molecular weight excluding hydrogens is 186 g/mol. The Morgan fingerprint density at radius 2 is 2.14 bits per heavy atom. The maximum absolute atomic E-state index is 13.1. The van der Waals surface area contributed by atoms with Gasteiger partial charge in [0.05, 0.1) is 11.3 Å². The lowest BCUT2D eigenvalue weighted by molar-refractivity contribution is 0.509. The number of nitrogens with zero attached hydrogens (tertiary/aromatic N) is 1. The quantitative estimate of drug-likeness (QED) is 0.750. The van der Waals surface area contributed by atoms with E-state index in [1.807, 2.05) is 0 Å². The molecule has 0 spiro atoms. The van der Waals surface area contributed by atoms with Crippen LogP contribution < -0.4 is 5.32 Å². The highest BCUT2D eigenvalue weighted by Gasteiger charge is 2.11. The summed E-state index contributed by atoms with van der Waals surface area (Å²) < 4.78 is 26.2. The molecule has 14 heavy (non-hydrogen) atoms. The van der Waals surface area contributed by atoms with Crippen molar-refractivity contribution in [2.45, 2.75) is 0 Å². The molecule has 0 unspecified atom stereocenters. The highest BCUT2D eigenvalue weighted by atomic mass is 19.2. The molecular formula is C10H8F2N2. The predicted molar refractivity (Wildman–Crippen MR) is 49.8 cm³/mol. The smallest absolute Gasteiger partial charge is 0.183 e. The Bertz CT molecular complexity index is 394. The van der Waals surface area contributed by atoms with Crippen molar-refractivity contribution >= 4 is 5.69 Å². The molecule has 0 radical (unpaired) electrons. The van der Waals surface area contributed by atoms with Crippen LogP contribution in [-0.4, -0.2) is 6.54 Å². The number of benzene rings is 1. The molecule has 0 aliphatic carbocycles. The maximum Gasteiger partial charge on any atom is 0.183 e. The van der Waals surface area contributed by atoms with Gasteiger partial charge < -0.3 is 5.32 Å². The van der Waals surface area contributed by atoms with E-state index in [0.29, 0.717) is 6.54 Å². The molecule has 72 valence electrons. The second-order valence-electron chi connectivity index (χ2n) is 2.57. The molecule has 0 amide bonds. The van der Waals surface area contributed by atoms with Crippen LogP contribution in [0.1, 0.15) is 5.56 Å². The van der Waals surface area contributed by atoms with Gasteiger partial charge in [-0.05, 0) is 12.1 Å². The summed E-state index contributed by atoms with van der Waals surface area (Å²) in [4.78, 5) is 0. The maximum atomic E-state index is 13.1. The Morgan fingerprint density at radius 1 is 1.43 bits per heavy atom. The lowest BCUT2D eigenvalue weighted by Crippen LogP contribution is -2.02. The van der Waals surface area contributed by atoms with Crippen LogP contribution in [0.25, 0.3) is 0 Å². The van der Waals surface area contributed by atoms with Crippen molar-refractivity contribution in [3.05, 3.63) is 42.0 Å². The van der Waals surface area contributed by atoms with Gasteiger partial charge in [0.2, 0.25) is 0 Å². The third-order valence-corrected chi connectivity index (χ3v) is 1.64. The molecule has 1 aromatic rings. The molecule has 2 nitrogen and oxygen atoms in total. The van der Waals surface area contributed by atoms with E-state index in [1.165, 1.54) is 18.2 Å². The largest absolute Gasteiger partial charge is 0.379 e. The average Bonchev–Trinajstić information content (AvgIpc) is 2.20. The molecule has 0 aliphatic rings. The molecule has 4 heteroatoms. The normalized spacial score (nSPS) is 9.21. The summed E-state index contributed by atoms with van der Waals surface area (Å²) in [5, 5.41) is 11.0. The molecule has 0 bridgehead atoms. The van der Waals surface area contributed by atoms with Gasteiger partial charge in [-0.15, -0.1) is 6.58 Å². The average molecular weight is 194 g/mol. The molecule has 0 saturated heterocycles. The van der Waals surface area contributed by atoms with Gasteiger partial charge >= 0.3 is 0 Å². The molecule has 1 N–H and O–H groups in total. The van der Waals surface area contributed by atoms with Crippen molar-refractivity contribution < 1.29 is 8.78 Å². The minimum absolute atomic E-state index is 0.0291. The topological polar surface area (TPSA) is 35.8 Å². The van der Waals surface area contributed by atoms with E-state index >= 15 is 0 Å². The SMILES string of the molecule is C=CCNc1ccc(C#N)c(F)c1F. The fraction of sp³-hybridized carbons (Fsp3) is 0.100. The first-order valence-corrected chi connectivity index (χ1v) is 3.93. The summed E-state index contributed by atoms with van der Waals surface area (Å²) in [6, 6.07) is 4.10. The highest BCUT2D eigenvalue weighted by Crippen LogP contribution is 2.19. The standard InChI is InChI=1S/C10H8F2N2/c1-2-5-14-8-4-3-7(6-13)9(11)10(8)12/h2-4,14H,1,5H2. The number of nitrogens with one attached hydrogen (secondary N) is 1. The minimum Gasteiger partial charge on any atom is -0.379 e. The van der Waals surface area contributed by atoms with Gasteiger partial charge in [-0.25, -0.2) is 8.78 Å². The second-order valence-corrected chi connectivity index (χ2v) is 2.57. The van der Waals surface area contributed by atoms with Crippen LogP contribution in [0.5, 0.6) is 0 Å². The van der Waals surface area contributed by atoms with Crippen LogP contribution in [-0.2, 0) is 0 Å². The summed E-state index contributed by atoms with van der Waals surface area (Å²) in [7, 11) is 0. The minimum atomic E-state index is -1.12. The molecule has 0 aliphatic heterocycles. The second kappa shape index (κ2) is 4.38. The summed E-state index contributed by atoms with van der Waals surface area (Å²) in [6.07, 6.45) is 1.52. The summed E-state index contributed by atoms with van der Waals surface area (Å²) in [5.74, 6) is -2.16. The van der Waals surface area contributed by atoms with E-state index < -0.39 is 11.6 Å². The first kappa shape index (κ1) is 10.2. The Kier molecular flexibility index (Phi) is 3.19. The molecule has 0 fully saturated rings. The fourth-order valence-electron chi connectivity index (χ4n) is 0.954. The summed E-state index contributed by atoms with van der Waals surface area (Å²) in [6.45, 7) is 3.77. The van der Waals surface area contributed by atoms with Gasteiger partial charge in [0, 0.05) is 6.54 Å².